The number of benzene rings is 6. The fraction of sp³-hybridized carbons (Fsp3) is 0. The Morgan fingerprint density at radius 3 is 2.04 bits per heavy atom. The Labute approximate surface area is 256 Å². The topological polar surface area (TPSA) is 57.0 Å². The third kappa shape index (κ3) is 3.49. The van der Waals surface area contributed by atoms with Crippen molar-refractivity contribution in [3.8, 4) is 28.5 Å². The summed E-state index contributed by atoms with van der Waals surface area (Å²) >= 11 is 0. The van der Waals surface area contributed by atoms with E-state index in [1.807, 2.05) is 60.7 Å². The van der Waals surface area contributed by atoms with Gasteiger partial charge in [0.25, 0.3) is 0 Å². The second-order valence-electron chi connectivity index (χ2n) is 11.4. The summed E-state index contributed by atoms with van der Waals surface area (Å²) in [4.78, 5) is 10.5. The van der Waals surface area contributed by atoms with Crippen LogP contribution in [0.2, 0.25) is 0 Å². The molecule has 0 radical (unpaired) electrons. The second-order valence-corrected chi connectivity index (χ2v) is 11.4. The summed E-state index contributed by atoms with van der Waals surface area (Å²) in [5.74, 6) is 1.42. The van der Waals surface area contributed by atoms with Gasteiger partial charge in [0.15, 0.2) is 5.82 Å². The lowest BCUT2D eigenvalue weighted by Crippen LogP contribution is -2.02. The van der Waals surface area contributed by atoms with E-state index in [2.05, 4.69) is 83.4 Å². The highest BCUT2D eigenvalue weighted by Gasteiger charge is 2.21. The molecule has 0 saturated heterocycles. The third-order valence-corrected chi connectivity index (χ3v) is 8.83. The molecule has 5 heteroatoms. The average Bonchev–Trinajstić information content (AvgIpc) is 3.78. The van der Waals surface area contributed by atoms with E-state index in [-0.39, 0.29) is 0 Å². The summed E-state index contributed by atoms with van der Waals surface area (Å²) in [5.41, 5.74) is 8.29. The molecule has 0 fully saturated rings. The Morgan fingerprint density at radius 1 is 0.467 bits per heavy atom. The molecule has 0 N–H and O–H groups in total. The zero-order valence-corrected chi connectivity index (χ0v) is 23.9. The van der Waals surface area contributed by atoms with Gasteiger partial charge in [-0.2, -0.15) is 0 Å². The van der Waals surface area contributed by atoms with Crippen molar-refractivity contribution < 1.29 is 8.83 Å². The van der Waals surface area contributed by atoms with Gasteiger partial charge in [-0.3, -0.25) is 4.57 Å². The number of hydrogen-bond donors (Lipinski definition) is 0. The maximum Gasteiger partial charge on any atom is 0.162 e. The summed E-state index contributed by atoms with van der Waals surface area (Å²) in [6.45, 7) is 0. The van der Waals surface area contributed by atoms with Crippen LogP contribution >= 0.6 is 0 Å². The lowest BCUT2D eigenvalue weighted by Gasteiger charge is -2.12. The van der Waals surface area contributed by atoms with Gasteiger partial charge in [-0.1, -0.05) is 97.1 Å². The molecule has 6 aromatic carbocycles. The molecule has 4 aromatic heterocycles. The van der Waals surface area contributed by atoms with Gasteiger partial charge in [-0.25, -0.2) is 9.97 Å². The fourth-order valence-electron chi connectivity index (χ4n) is 6.87. The van der Waals surface area contributed by atoms with Crippen molar-refractivity contribution in [1.29, 1.82) is 0 Å². The molecule has 0 unspecified atom stereocenters. The van der Waals surface area contributed by atoms with Gasteiger partial charge in [0.1, 0.15) is 28.1 Å². The molecule has 0 bridgehead atoms. The minimum Gasteiger partial charge on any atom is -0.456 e. The van der Waals surface area contributed by atoms with Crippen LogP contribution < -0.4 is 0 Å². The first-order chi connectivity index (χ1) is 22.3. The van der Waals surface area contributed by atoms with Gasteiger partial charge < -0.3 is 8.83 Å². The van der Waals surface area contributed by atoms with Crippen LogP contribution in [0.5, 0.6) is 0 Å². The largest absolute Gasteiger partial charge is 0.456 e. The Morgan fingerprint density at radius 2 is 1.18 bits per heavy atom. The molecule has 0 amide bonds. The van der Waals surface area contributed by atoms with Gasteiger partial charge >= 0.3 is 0 Å². The number of furan rings is 2. The van der Waals surface area contributed by atoms with E-state index in [9.17, 15) is 0 Å². The number of rotatable bonds is 3. The number of hydrogen-bond acceptors (Lipinski definition) is 4. The number of nitrogens with zero attached hydrogens (tertiary/aromatic N) is 3. The highest BCUT2D eigenvalue weighted by atomic mass is 16.3. The maximum absolute atomic E-state index is 6.53. The van der Waals surface area contributed by atoms with Crippen molar-refractivity contribution >= 4 is 65.7 Å². The predicted octanol–water partition coefficient (Wildman–Crippen LogP) is 10.7. The van der Waals surface area contributed by atoms with Crippen LogP contribution in [0.25, 0.3) is 94.1 Å². The van der Waals surface area contributed by atoms with Crippen LogP contribution in [0.15, 0.2) is 148 Å². The van der Waals surface area contributed by atoms with Crippen molar-refractivity contribution in [3.63, 3.8) is 0 Å². The van der Waals surface area contributed by atoms with Gasteiger partial charge in [-0.05, 0) is 36.4 Å². The van der Waals surface area contributed by atoms with Crippen LogP contribution in [0.4, 0.5) is 0 Å². The average molecular weight is 578 g/mol. The van der Waals surface area contributed by atoms with Crippen LogP contribution in [0.3, 0.4) is 0 Å². The van der Waals surface area contributed by atoms with E-state index in [0.717, 1.165) is 88.3 Å². The minimum atomic E-state index is 0.638. The normalized spacial score (nSPS) is 12.0. The Hall–Kier alpha value is -6.20. The van der Waals surface area contributed by atoms with E-state index in [0.29, 0.717) is 5.82 Å². The molecule has 45 heavy (non-hydrogen) atoms. The molecule has 0 spiro atoms. The Kier molecular flexibility index (Phi) is 4.93. The lowest BCUT2D eigenvalue weighted by atomic mass is 10.1. The summed E-state index contributed by atoms with van der Waals surface area (Å²) in [5, 5.41) is 6.46. The zero-order chi connectivity index (χ0) is 29.5. The van der Waals surface area contributed by atoms with E-state index < -0.39 is 0 Å². The molecule has 10 rings (SSSR count). The smallest absolute Gasteiger partial charge is 0.162 e. The summed E-state index contributed by atoms with van der Waals surface area (Å²) in [6, 6.07) is 47.7. The van der Waals surface area contributed by atoms with Crippen molar-refractivity contribution in [2.45, 2.75) is 0 Å². The quantitative estimate of drug-likeness (QED) is 0.210. The molecular weight excluding hydrogens is 554 g/mol. The van der Waals surface area contributed by atoms with Crippen molar-refractivity contribution in [2.75, 3.05) is 0 Å². The van der Waals surface area contributed by atoms with E-state index >= 15 is 0 Å². The molecule has 210 valence electrons. The SMILES string of the molecule is c1ccc(-c2cc(-n3c4ccccc4c4c5oc6ccccc6c5ccc43)nc(-c3cccc4oc5ccccc5c34)n2)cc1. The first kappa shape index (κ1) is 24.3. The Bertz CT molecular complexity index is 2770. The molecule has 0 aliphatic heterocycles. The van der Waals surface area contributed by atoms with Crippen LogP contribution in [-0.4, -0.2) is 14.5 Å². The molecule has 0 atom stereocenters. The number of fused-ring (bicyclic) bond motifs is 10. The number of aromatic nitrogens is 3. The monoisotopic (exact) mass is 577 g/mol. The highest BCUT2D eigenvalue weighted by Crippen LogP contribution is 2.41. The van der Waals surface area contributed by atoms with Gasteiger partial charge in [-0.15, -0.1) is 0 Å². The number of para-hydroxylation sites is 3. The molecule has 10 aromatic rings. The van der Waals surface area contributed by atoms with E-state index in [1.165, 1.54) is 0 Å². The van der Waals surface area contributed by atoms with Crippen LogP contribution in [-0.2, 0) is 0 Å². The molecular formula is C40H23N3O2. The summed E-state index contributed by atoms with van der Waals surface area (Å²) in [6.07, 6.45) is 0. The Balaban J connectivity index is 1.32. The van der Waals surface area contributed by atoms with E-state index in [4.69, 9.17) is 18.8 Å². The molecule has 0 aliphatic carbocycles. The van der Waals surface area contributed by atoms with Crippen LogP contribution in [0.1, 0.15) is 0 Å². The third-order valence-electron chi connectivity index (χ3n) is 8.83. The standard InChI is InChI=1S/C40H23N3O2/c1-2-11-24(12-3-1)30-23-36(42-40(41-30)29-16-10-20-35-37(29)28-15-6-9-19-34(28)44-35)43-31-17-7-4-14-27(31)38-32(43)22-21-26-25-13-5-8-18-33(25)45-39(26)38/h1-23H. The molecule has 0 aliphatic rings. The van der Waals surface area contributed by atoms with Gasteiger partial charge in [0, 0.05) is 44.1 Å². The molecule has 0 saturated carbocycles. The van der Waals surface area contributed by atoms with E-state index in [1.54, 1.807) is 0 Å². The first-order valence-corrected chi connectivity index (χ1v) is 15.0. The summed E-state index contributed by atoms with van der Waals surface area (Å²) < 4.78 is 15.0. The molecule has 4 heterocycles. The van der Waals surface area contributed by atoms with Crippen molar-refractivity contribution in [1.82, 2.24) is 14.5 Å². The fourth-order valence-corrected chi connectivity index (χ4v) is 6.87. The summed E-state index contributed by atoms with van der Waals surface area (Å²) in [7, 11) is 0. The first-order valence-electron chi connectivity index (χ1n) is 15.0. The predicted molar refractivity (Wildman–Crippen MR) is 182 cm³/mol. The van der Waals surface area contributed by atoms with Crippen molar-refractivity contribution in [3.05, 3.63) is 140 Å². The highest BCUT2D eigenvalue weighted by molar-refractivity contribution is 6.23. The second kappa shape index (κ2) is 9.15. The van der Waals surface area contributed by atoms with Crippen LogP contribution in [0, 0.1) is 0 Å². The lowest BCUT2D eigenvalue weighted by molar-refractivity contribution is 0.669. The van der Waals surface area contributed by atoms with Gasteiger partial charge in [0.05, 0.1) is 22.1 Å². The molecule has 5 nitrogen and oxygen atoms in total. The maximum atomic E-state index is 6.53. The van der Waals surface area contributed by atoms with Crippen molar-refractivity contribution in [2.24, 2.45) is 0 Å². The van der Waals surface area contributed by atoms with Gasteiger partial charge in [0.2, 0.25) is 0 Å². The minimum absolute atomic E-state index is 0.638. The zero-order valence-electron chi connectivity index (χ0n) is 23.9.